The van der Waals surface area contributed by atoms with E-state index in [9.17, 15) is 4.79 Å². The van der Waals surface area contributed by atoms with Crippen molar-refractivity contribution >= 4 is 6.09 Å². The number of rotatable bonds is 1. The van der Waals surface area contributed by atoms with Crippen LogP contribution in [0.5, 0.6) is 0 Å². The van der Waals surface area contributed by atoms with Crippen LogP contribution in [0, 0.1) is 0 Å². The fourth-order valence-electron chi connectivity index (χ4n) is 1.52. The standard InChI is InChI=1S/C10H20N2O2/c1-7-5-8(6-11-7)12-9(13)14-10(2,3)4/h7-8,11H,5-6H2,1-4H3,(H,12,13)/t7-,8-/m1/s1. The molecule has 1 rings (SSSR count). The fraction of sp³-hybridized carbons (Fsp3) is 0.900. The van der Waals surface area contributed by atoms with Crippen LogP contribution in [0.1, 0.15) is 34.1 Å². The average Bonchev–Trinajstić information content (AvgIpc) is 2.30. The Bertz CT molecular complexity index is 211. The van der Waals surface area contributed by atoms with Gasteiger partial charge in [-0.05, 0) is 34.1 Å². The number of ether oxygens (including phenoxy) is 1. The molecule has 1 saturated heterocycles. The van der Waals surface area contributed by atoms with Crippen LogP contribution < -0.4 is 10.6 Å². The minimum atomic E-state index is -0.415. The van der Waals surface area contributed by atoms with Gasteiger partial charge in [0, 0.05) is 18.6 Å². The van der Waals surface area contributed by atoms with E-state index in [0.717, 1.165) is 13.0 Å². The summed E-state index contributed by atoms with van der Waals surface area (Å²) in [4.78, 5) is 11.4. The zero-order valence-corrected chi connectivity index (χ0v) is 9.39. The van der Waals surface area contributed by atoms with E-state index in [-0.39, 0.29) is 12.1 Å². The van der Waals surface area contributed by atoms with Crippen LogP contribution in [-0.4, -0.2) is 30.3 Å². The van der Waals surface area contributed by atoms with Crippen LogP contribution in [0.15, 0.2) is 0 Å². The maximum Gasteiger partial charge on any atom is 0.407 e. The van der Waals surface area contributed by atoms with Crippen molar-refractivity contribution in [2.45, 2.75) is 51.8 Å². The predicted octanol–water partition coefficient (Wildman–Crippen LogP) is 1.26. The van der Waals surface area contributed by atoms with E-state index in [1.807, 2.05) is 20.8 Å². The predicted molar refractivity (Wildman–Crippen MR) is 55.2 cm³/mol. The van der Waals surface area contributed by atoms with Gasteiger partial charge in [-0.2, -0.15) is 0 Å². The van der Waals surface area contributed by atoms with E-state index in [1.165, 1.54) is 0 Å². The number of alkyl carbamates (subject to hydrolysis) is 1. The van der Waals surface area contributed by atoms with Gasteiger partial charge in [0.15, 0.2) is 0 Å². The Kier molecular flexibility index (Phi) is 3.37. The first-order valence-corrected chi connectivity index (χ1v) is 5.10. The molecule has 4 nitrogen and oxygen atoms in total. The first kappa shape index (κ1) is 11.3. The van der Waals surface area contributed by atoms with Crippen molar-refractivity contribution in [3.63, 3.8) is 0 Å². The largest absolute Gasteiger partial charge is 0.444 e. The lowest BCUT2D eigenvalue weighted by Crippen LogP contribution is -2.40. The lowest BCUT2D eigenvalue weighted by molar-refractivity contribution is 0.0508. The molecule has 1 fully saturated rings. The molecule has 0 aliphatic carbocycles. The first-order valence-electron chi connectivity index (χ1n) is 5.10. The second kappa shape index (κ2) is 4.17. The molecule has 2 N–H and O–H groups in total. The van der Waals surface area contributed by atoms with Crippen molar-refractivity contribution in [1.29, 1.82) is 0 Å². The molecule has 1 heterocycles. The highest BCUT2D eigenvalue weighted by Crippen LogP contribution is 2.09. The zero-order chi connectivity index (χ0) is 10.8. The molecule has 82 valence electrons. The van der Waals surface area contributed by atoms with E-state index < -0.39 is 5.60 Å². The van der Waals surface area contributed by atoms with E-state index in [4.69, 9.17) is 4.74 Å². The average molecular weight is 200 g/mol. The van der Waals surface area contributed by atoms with Crippen molar-refractivity contribution in [2.75, 3.05) is 6.54 Å². The van der Waals surface area contributed by atoms with Crippen LogP contribution >= 0.6 is 0 Å². The number of amides is 1. The number of nitrogens with one attached hydrogen (secondary N) is 2. The molecule has 0 saturated carbocycles. The molecule has 4 heteroatoms. The Morgan fingerprint density at radius 3 is 2.57 bits per heavy atom. The van der Waals surface area contributed by atoms with Gasteiger partial charge in [-0.3, -0.25) is 0 Å². The highest BCUT2D eigenvalue weighted by Gasteiger charge is 2.24. The summed E-state index contributed by atoms with van der Waals surface area (Å²) in [6, 6.07) is 0.690. The Labute approximate surface area is 85.4 Å². The second-order valence-corrected chi connectivity index (χ2v) is 4.89. The van der Waals surface area contributed by atoms with Crippen molar-refractivity contribution in [3.8, 4) is 0 Å². The SMILES string of the molecule is C[C@@H]1C[C@@H](NC(=O)OC(C)(C)C)CN1. The smallest absolute Gasteiger partial charge is 0.407 e. The molecular weight excluding hydrogens is 180 g/mol. The summed E-state index contributed by atoms with van der Waals surface area (Å²) in [6.07, 6.45) is 0.651. The number of carbonyl (C=O) groups excluding carboxylic acids is 1. The Morgan fingerprint density at radius 2 is 2.14 bits per heavy atom. The number of hydrogen-bond donors (Lipinski definition) is 2. The summed E-state index contributed by atoms with van der Waals surface area (Å²) in [6.45, 7) is 8.53. The van der Waals surface area contributed by atoms with Gasteiger partial charge >= 0.3 is 6.09 Å². The van der Waals surface area contributed by atoms with Crippen LogP contribution in [0.3, 0.4) is 0 Å². The molecule has 1 amide bonds. The van der Waals surface area contributed by atoms with Crippen LogP contribution in [0.4, 0.5) is 4.79 Å². The highest BCUT2D eigenvalue weighted by atomic mass is 16.6. The van der Waals surface area contributed by atoms with Crippen molar-refractivity contribution < 1.29 is 9.53 Å². The van der Waals surface area contributed by atoms with Gasteiger partial charge in [0.05, 0.1) is 0 Å². The van der Waals surface area contributed by atoms with Gasteiger partial charge < -0.3 is 15.4 Å². The molecule has 1 aliphatic heterocycles. The lowest BCUT2D eigenvalue weighted by Gasteiger charge is -2.21. The minimum absolute atomic E-state index is 0.208. The highest BCUT2D eigenvalue weighted by molar-refractivity contribution is 5.68. The molecular formula is C10H20N2O2. The molecule has 0 aromatic rings. The summed E-state index contributed by atoms with van der Waals surface area (Å²) in [7, 11) is 0. The van der Waals surface area contributed by atoms with Crippen molar-refractivity contribution in [2.24, 2.45) is 0 Å². The van der Waals surface area contributed by atoms with E-state index in [2.05, 4.69) is 17.6 Å². The summed E-state index contributed by atoms with van der Waals surface area (Å²) in [5.74, 6) is 0. The molecule has 0 unspecified atom stereocenters. The van der Waals surface area contributed by atoms with Gasteiger partial charge in [-0.1, -0.05) is 0 Å². The number of carbonyl (C=O) groups is 1. The molecule has 14 heavy (non-hydrogen) atoms. The Balaban J connectivity index is 2.27. The maximum absolute atomic E-state index is 11.4. The molecule has 0 spiro atoms. The van der Waals surface area contributed by atoms with Gasteiger partial charge in [0.1, 0.15) is 5.60 Å². The monoisotopic (exact) mass is 200 g/mol. The van der Waals surface area contributed by atoms with Gasteiger partial charge in [0.2, 0.25) is 0 Å². The van der Waals surface area contributed by atoms with E-state index >= 15 is 0 Å². The summed E-state index contributed by atoms with van der Waals surface area (Å²) >= 11 is 0. The quantitative estimate of drug-likeness (QED) is 0.670. The third kappa shape index (κ3) is 3.96. The molecule has 1 aliphatic rings. The fourth-order valence-corrected chi connectivity index (χ4v) is 1.52. The van der Waals surface area contributed by atoms with E-state index in [0.29, 0.717) is 6.04 Å². The molecule has 0 bridgehead atoms. The van der Waals surface area contributed by atoms with Gasteiger partial charge in [0.25, 0.3) is 0 Å². The first-order chi connectivity index (χ1) is 6.37. The minimum Gasteiger partial charge on any atom is -0.444 e. The number of hydrogen-bond acceptors (Lipinski definition) is 3. The van der Waals surface area contributed by atoms with Crippen molar-refractivity contribution in [3.05, 3.63) is 0 Å². The second-order valence-electron chi connectivity index (χ2n) is 4.89. The van der Waals surface area contributed by atoms with E-state index in [1.54, 1.807) is 0 Å². The van der Waals surface area contributed by atoms with Crippen LogP contribution in [0.2, 0.25) is 0 Å². The van der Waals surface area contributed by atoms with Crippen LogP contribution in [-0.2, 0) is 4.74 Å². The zero-order valence-electron chi connectivity index (χ0n) is 9.39. The topological polar surface area (TPSA) is 50.4 Å². The molecule has 2 atom stereocenters. The van der Waals surface area contributed by atoms with Crippen LogP contribution in [0.25, 0.3) is 0 Å². The Morgan fingerprint density at radius 1 is 1.50 bits per heavy atom. The molecule has 0 radical (unpaired) electrons. The van der Waals surface area contributed by atoms with Crippen molar-refractivity contribution in [1.82, 2.24) is 10.6 Å². The normalized spacial score (nSPS) is 27.4. The summed E-state index contributed by atoms with van der Waals surface area (Å²) in [5.41, 5.74) is -0.415. The molecule has 0 aromatic heterocycles. The third-order valence-electron chi connectivity index (χ3n) is 2.07. The lowest BCUT2D eigenvalue weighted by atomic mass is 10.2. The molecule has 0 aromatic carbocycles. The summed E-state index contributed by atoms with van der Waals surface area (Å²) < 4.78 is 5.16. The maximum atomic E-state index is 11.4. The van der Waals surface area contributed by atoms with Gasteiger partial charge in [-0.15, -0.1) is 0 Å². The van der Waals surface area contributed by atoms with Gasteiger partial charge in [-0.25, -0.2) is 4.79 Å². The summed E-state index contributed by atoms with van der Waals surface area (Å²) in [5, 5.41) is 6.11. The Hall–Kier alpha value is -0.770. The third-order valence-corrected chi connectivity index (χ3v) is 2.07.